The van der Waals surface area contributed by atoms with Crippen LogP contribution in [0.2, 0.25) is 5.02 Å². The van der Waals surface area contributed by atoms with E-state index in [1.54, 1.807) is 18.3 Å². The van der Waals surface area contributed by atoms with Crippen molar-refractivity contribution in [3.8, 4) is 0 Å². The van der Waals surface area contributed by atoms with Crippen molar-refractivity contribution in [2.75, 3.05) is 10.8 Å². The average Bonchev–Trinajstić information content (AvgIpc) is 3.23. The number of hydrogen-bond donors (Lipinski definition) is 5. The van der Waals surface area contributed by atoms with Gasteiger partial charge < -0.3 is 10.3 Å². The fourth-order valence-corrected chi connectivity index (χ4v) is 5.12. The number of pyridine rings is 1. The highest BCUT2D eigenvalue weighted by Gasteiger charge is 2.24. The Labute approximate surface area is 220 Å². The van der Waals surface area contributed by atoms with Crippen molar-refractivity contribution in [3.63, 3.8) is 0 Å². The fraction of sp³-hybridized carbons (Fsp3) is 0.0370. The van der Waals surface area contributed by atoms with Crippen LogP contribution >= 0.6 is 23.4 Å². The second-order valence-corrected chi connectivity index (χ2v) is 9.60. The highest BCUT2D eigenvalue weighted by molar-refractivity contribution is 7.99. The molecule has 5 N–H and O–H groups in total. The predicted molar refractivity (Wildman–Crippen MR) is 147 cm³/mol. The van der Waals surface area contributed by atoms with Crippen LogP contribution in [0.4, 0.5) is 17.2 Å². The Morgan fingerprint density at radius 2 is 1.51 bits per heavy atom. The van der Waals surface area contributed by atoms with Crippen LogP contribution in [0.5, 0.6) is 0 Å². The van der Waals surface area contributed by atoms with Gasteiger partial charge in [-0.3, -0.25) is 25.4 Å². The second-order valence-electron chi connectivity index (χ2n) is 8.14. The standard InChI is InChI=1S/C27H22ClN5O3S/c28-21-8-4-5-9-22(21)37-25-26(32-36)31-33(27(25)35)24(17-6-2-1-3-7-17)18-10-12-19(13-11-18)30-20-14-15-23(34)29-16-20/h1-16,24,30-32,36H,(H,29,34). The molecule has 2 heterocycles. The van der Waals surface area contributed by atoms with Gasteiger partial charge in [-0.2, -0.15) is 0 Å². The molecule has 0 radical (unpaired) electrons. The van der Waals surface area contributed by atoms with Crippen LogP contribution in [0.25, 0.3) is 0 Å². The quantitative estimate of drug-likeness (QED) is 0.160. The molecule has 8 nitrogen and oxygen atoms in total. The molecule has 0 fully saturated rings. The minimum Gasteiger partial charge on any atom is -0.354 e. The molecular weight excluding hydrogens is 510 g/mol. The van der Waals surface area contributed by atoms with Gasteiger partial charge in [0, 0.05) is 22.8 Å². The van der Waals surface area contributed by atoms with Gasteiger partial charge in [-0.25, -0.2) is 4.68 Å². The smallest absolute Gasteiger partial charge is 0.283 e. The lowest BCUT2D eigenvalue weighted by molar-refractivity contribution is 0.382. The van der Waals surface area contributed by atoms with E-state index in [0.29, 0.717) is 9.92 Å². The molecule has 0 aliphatic carbocycles. The zero-order valence-electron chi connectivity index (χ0n) is 19.3. The summed E-state index contributed by atoms with van der Waals surface area (Å²) in [6.07, 6.45) is 1.60. The highest BCUT2D eigenvalue weighted by Crippen LogP contribution is 2.36. The molecule has 0 aliphatic heterocycles. The maximum Gasteiger partial charge on any atom is 0.283 e. The zero-order chi connectivity index (χ0) is 25.8. The number of rotatable bonds is 8. The number of H-pyrrole nitrogens is 2. The third-order valence-corrected chi connectivity index (χ3v) is 7.31. The maximum atomic E-state index is 13.7. The lowest BCUT2D eigenvalue weighted by Crippen LogP contribution is -2.25. The van der Waals surface area contributed by atoms with Crippen LogP contribution in [-0.2, 0) is 0 Å². The Morgan fingerprint density at radius 1 is 0.838 bits per heavy atom. The molecule has 1 unspecified atom stereocenters. The minimum absolute atomic E-state index is 0.173. The molecule has 0 saturated carbocycles. The first-order valence-electron chi connectivity index (χ1n) is 11.3. The van der Waals surface area contributed by atoms with E-state index in [1.165, 1.54) is 22.5 Å². The molecule has 0 saturated heterocycles. The van der Waals surface area contributed by atoms with Crippen molar-refractivity contribution < 1.29 is 5.21 Å². The van der Waals surface area contributed by atoms with Gasteiger partial charge in [0.15, 0.2) is 5.82 Å². The Morgan fingerprint density at radius 3 is 2.19 bits per heavy atom. The number of anilines is 3. The second kappa shape index (κ2) is 10.8. The van der Waals surface area contributed by atoms with Gasteiger partial charge in [-0.05, 0) is 41.5 Å². The number of nitrogens with zero attached hydrogens (tertiary/aromatic N) is 1. The number of benzene rings is 3. The van der Waals surface area contributed by atoms with Crippen molar-refractivity contribution in [1.82, 2.24) is 14.8 Å². The van der Waals surface area contributed by atoms with Gasteiger partial charge in [0.05, 0.1) is 10.7 Å². The van der Waals surface area contributed by atoms with E-state index >= 15 is 0 Å². The lowest BCUT2D eigenvalue weighted by Gasteiger charge is -2.19. The summed E-state index contributed by atoms with van der Waals surface area (Å²) in [5, 5.41) is 16.6. The Kier molecular flexibility index (Phi) is 7.18. The lowest BCUT2D eigenvalue weighted by atomic mass is 9.98. The van der Waals surface area contributed by atoms with Crippen LogP contribution in [0.15, 0.2) is 117 Å². The van der Waals surface area contributed by atoms with E-state index in [2.05, 4.69) is 20.9 Å². The van der Waals surface area contributed by atoms with E-state index in [4.69, 9.17) is 11.6 Å². The number of aromatic nitrogens is 3. The molecule has 2 aromatic heterocycles. The maximum absolute atomic E-state index is 13.7. The molecule has 1 atom stereocenters. The summed E-state index contributed by atoms with van der Waals surface area (Å²) in [5.41, 5.74) is 4.92. The Balaban J connectivity index is 1.54. The monoisotopic (exact) mass is 531 g/mol. The third kappa shape index (κ3) is 5.34. The molecule has 0 amide bonds. The molecule has 37 heavy (non-hydrogen) atoms. The topological polar surface area (TPSA) is 115 Å². The van der Waals surface area contributed by atoms with E-state index in [-0.39, 0.29) is 21.8 Å². The molecule has 10 heteroatoms. The minimum atomic E-state index is -0.497. The Hall–Kier alpha value is -4.18. The van der Waals surface area contributed by atoms with Crippen molar-refractivity contribution in [2.24, 2.45) is 0 Å². The number of halogens is 1. The van der Waals surface area contributed by atoms with Crippen molar-refractivity contribution in [1.29, 1.82) is 0 Å². The molecule has 0 aliphatic rings. The first-order chi connectivity index (χ1) is 18.0. The molecule has 3 aromatic carbocycles. The van der Waals surface area contributed by atoms with Gasteiger partial charge >= 0.3 is 0 Å². The molecule has 186 valence electrons. The van der Waals surface area contributed by atoms with Crippen LogP contribution in [0.3, 0.4) is 0 Å². The highest BCUT2D eigenvalue weighted by atomic mass is 35.5. The SMILES string of the molecule is O=c1ccc(Nc2ccc(C(c3ccccc3)n3[nH]c(NO)c(Sc4ccccc4Cl)c3=O)cc2)c[nH]1. The summed E-state index contributed by atoms with van der Waals surface area (Å²) in [4.78, 5) is 28.6. The summed E-state index contributed by atoms with van der Waals surface area (Å²) in [6.45, 7) is 0. The predicted octanol–water partition coefficient (Wildman–Crippen LogP) is 5.85. The van der Waals surface area contributed by atoms with Gasteiger partial charge in [-0.1, -0.05) is 78.0 Å². The molecule has 0 spiro atoms. The number of nitrogens with one attached hydrogen (secondary N) is 4. The average molecular weight is 532 g/mol. The summed E-state index contributed by atoms with van der Waals surface area (Å²) < 4.78 is 1.48. The summed E-state index contributed by atoms with van der Waals surface area (Å²) in [6, 6.07) is 27.1. The third-order valence-electron chi connectivity index (χ3n) is 5.71. The number of aromatic amines is 2. The van der Waals surface area contributed by atoms with E-state index in [0.717, 1.165) is 22.5 Å². The largest absolute Gasteiger partial charge is 0.354 e. The van der Waals surface area contributed by atoms with Crippen molar-refractivity contribution in [3.05, 3.63) is 134 Å². The molecule has 0 bridgehead atoms. The molecular formula is C27H22ClN5O3S. The van der Waals surface area contributed by atoms with E-state index < -0.39 is 6.04 Å². The normalized spacial score (nSPS) is 11.7. The molecule has 5 aromatic rings. The van der Waals surface area contributed by atoms with Crippen LogP contribution in [-0.4, -0.2) is 20.0 Å². The van der Waals surface area contributed by atoms with Gasteiger partial charge in [0.1, 0.15) is 10.9 Å². The van der Waals surface area contributed by atoms with Gasteiger partial charge in [0.2, 0.25) is 5.56 Å². The van der Waals surface area contributed by atoms with Gasteiger partial charge in [-0.15, -0.1) is 0 Å². The Bertz CT molecular complexity index is 1610. The summed E-state index contributed by atoms with van der Waals surface area (Å²) in [5.74, 6) is 0.173. The number of hydrogen-bond acceptors (Lipinski definition) is 6. The van der Waals surface area contributed by atoms with Crippen LogP contribution < -0.4 is 21.9 Å². The van der Waals surface area contributed by atoms with E-state index in [1.807, 2.05) is 72.8 Å². The summed E-state index contributed by atoms with van der Waals surface area (Å²) >= 11 is 7.49. The van der Waals surface area contributed by atoms with Crippen LogP contribution in [0, 0.1) is 0 Å². The van der Waals surface area contributed by atoms with Crippen molar-refractivity contribution in [2.45, 2.75) is 15.8 Å². The first kappa shape index (κ1) is 24.5. The van der Waals surface area contributed by atoms with Crippen LogP contribution in [0.1, 0.15) is 17.2 Å². The zero-order valence-corrected chi connectivity index (χ0v) is 20.9. The first-order valence-corrected chi connectivity index (χ1v) is 12.5. The summed E-state index contributed by atoms with van der Waals surface area (Å²) in [7, 11) is 0. The van der Waals surface area contributed by atoms with Crippen molar-refractivity contribution >= 4 is 40.6 Å². The van der Waals surface area contributed by atoms with Gasteiger partial charge in [0.25, 0.3) is 5.56 Å². The molecule has 5 rings (SSSR count). The fourth-order valence-electron chi connectivity index (χ4n) is 3.96. The van der Waals surface area contributed by atoms with E-state index in [9.17, 15) is 14.8 Å².